The van der Waals surface area contributed by atoms with Crippen molar-refractivity contribution in [1.29, 1.82) is 0 Å². The Morgan fingerprint density at radius 2 is 1.59 bits per heavy atom. The zero-order chi connectivity index (χ0) is 24.3. The van der Waals surface area contributed by atoms with E-state index in [0.29, 0.717) is 18.8 Å². The van der Waals surface area contributed by atoms with Crippen molar-refractivity contribution in [3.05, 3.63) is 89.0 Å². The number of aldehydes is 1. The Hall–Kier alpha value is -2.54. The van der Waals surface area contributed by atoms with Crippen molar-refractivity contribution in [1.82, 2.24) is 9.78 Å². The molecule has 0 radical (unpaired) electrons. The highest BCUT2D eigenvalue weighted by atomic mass is 79.9. The third kappa shape index (κ3) is 4.67. The van der Waals surface area contributed by atoms with Gasteiger partial charge < -0.3 is 4.43 Å². The second-order valence-corrected chi connectivity index (χ2v) is 15.1. The van der Waals surface area contributed by atoms with Gasteiger partial charge in [-0.25, -0.2) is 0 Å². The Morgan fingerprint density at radius 1 is 1.00 bits per heavy atom. The first-order valence-electron chi connectivity index (χ1n) is 11.6. The lowest BCUT2D eigenvalue weighted by Gasteiger charge is -2.43. The SMILES string of the molecule is CC(CO[Si](c1ccccc1)(c1ccccc1)C(C)(C)C)Cn1nc(C=O)c2ccc(Br)cc21. The highest BCUT2D eigenvalue weighted by Crippen LogP contribution is 2.37. The maximum atomic E-state index is 11.6. The molecule has 1 heterocycles. The van der Waals surface area contributed by atoms with Crippen molar-refractivity contribution >= 4 is 51.8 Å². The van der Waals surface area contributed by atoms with Gasteiger partial charge in [-0.1, -0.05) is 104 Å². The molecule has 0 fully saturated rings. The molecule has 1 atom stereocenters. The minimum Gasteiger partial charge on any atom is -0.407 e. The van der Waals surface area contributed by atoms with Crippen LogP contribution in [0.5, 0.6) is 0 Å². The monoisotopic (exact) mass is 534 g/mol. The zero-order valence-electron chi connectivity index (χ0n) is 20.2. The summed E-state index contributed by atoms with van der Waals surface area (Å²) in [5.41, 5.74) is 1.43. The Balaban J connectivity index is 1.67. The van der Waals surface area contributed by atoms with Crippen LogP contribution in [0.4, 0.5) is 0 Å². The summed E-state index contributed by atoms with van der Waals surface area (Å²) < 4.78 is 9.99. The molecule has 0 N–H and O–H groups in total. The highest BCUT2D eigenvalue weighted by molar-refractivity contribution is 9.10. The fourth-order valence-electron chi connectivity index (χ4n) is 4.78. The van der Waals surface area contributed by atoms with E-state index in [1.165, 1.54) is 10.4 Å². The fraction of sp³-hybridized carbons (Fsp3) is 0.286. The number of nitrogens with zero attached hydrogens (tertiary/aromatic N) is 2. The van der Waals surface area contributed by atoms with Crippen LogP contribution in [0.25, 0.3) is 10.9 Å². The predicted octanol–water partition coefficient (Wildman–Crippen LogP) is 5.82. The molecule has 3 aromatic carbocycles. The van der Waals surface area contributed by atoms with Crippen LogP contribution in [0, 0.1) is 5.92 Å². The van der Waals surface area contributed by atoms with Crippen LogP contribution in [-0.2, 0) is 11.0 Å². The number of halogens is 1. The maximum Gasteiger partial charge on any atom is 0.261 e. The molecule has 0 aliphatic rings. The molecule has 4 nitrogen and oxygen atoms in total. The molecular weight excluding hydrogens is 504 g/mol. The second-order valence-electron chi connectivity index (χ2n) is 9.93. The molecule has 0 saturated carbocycles. The van der Waals surface area contributed by atoms with Crippen LogP contribution < -0.4 is 10.4 Å². The summed E-state index contributed by atoms with van der Waals surface area (Å²) >= 11 is 3.55. The smallest absolute Gasteiger partial charge is 0.261 e. The molecule has 0 saturated heterocycles. The van der Waals surface area contributed by atoms with E-state index in [1.54, 1.807) is 0 Å². The highest BCUT2D eigenvalue weighted by Gasteiger charge is 2.50. The summed E-state index contributed by atoms with van der Waals surface area (Å²) in [6, 6.07) is 27.3. The predicted molar refractivity (Wildman–Crippen MR) is 146 cm³/mol. The molecule has 6 heteroatoms. The van der Waals surface area contributed by atoms with Crippen LogP contribution in [0.15, 0.2) is 83.3 Å². The third-order valence-corrected chi connectivity index (χ3v) is 11.8. The number of benzene rings is 3. The molecule has 1 aromatic heterocycles. The molecule has 0 bridgehead atoms. The van der Waals surface area contributed by atoms with Gasteiger partial charge in [-0.05, 0) is 39.5 Å². The van der Waals surface area contributed by atoms with Gasteiger partial charge in [0, 0.05) is 23.0 Å². The quantitative estimate of drug-likeness (QED) is 0.211. The van der Waals surface area contributed by atoms with Gasteiger partial charge in [-0.15, -0.1) is 0 Å². The standard InChI is InChI=1S/C28H31BrN2O2Si/c1-21(18-31-27-17-22(29)15-16-25(27)26(19-32)30-31)20-33-34(28(2,3)4,23-11-7-5-8-12-23)24-13-9-6-10-14-24/h5-17,19,21H,18,20H2,1-4H3. The summed E-state index contributed by atoms with van der Waals surface area (Å²) in [6.45, 7) is 10.3. The molecule has 0 aliphatic carbocycles. The lowest BCUT2D eigenvalue weighted by Crippen LogP contribution is -2.66. The molecule has 0 spiro atoms. The van der Waals surface area contributed by atoms with Crippen LogP contribution in [-0.4, -0.2) is 31.0 Å². The number of hydrogen-bond donors (Lipinski definition) is 0. The van der Waals surface area contributed by atoms with Crippen molar-refractivity contribution in [3.8, 4) is 0 Å². The first-order chi connectivity index (χ1) is 16.3. The minimum absolute atomic E-state index is 0.0661. The number of aromatic nitrogens is 2. The van der Waals surface area contributed by atoms with Crippen LogP contribution in [0.2, 0.25) is 5.04 Å². The number of carbonyl (C=O) groups is 1. The van der Waals surface area contributed by atoms with Crippen molar-refractivity contribution in [2.45, 2.75) is 39.3 Å². The van der Waals surface area contributed by atoms with E-state index in [4.69, 9.17) is 4.43 Å². The van der Waals surface area contributed by atoms with Gasteiger partial charge in [0.2, 0.25) is 0 Å². The van der Waals surface area contributed by atoms with E-state index in [1.807, 2.05) is 22.9 Å². The summed E-state index contributed by atoms with van der Waals surface area (Å²) in [5, 5.41) is 7.94. The minimum atomic E-state index is -2.59. The molecule has 4 aromatic rings. The molecule has 1 unspecified atom stereocenters. The Morgan fingerprint density at radius 3 is 2.12 bits per heavy atom. The van der Waals surface area contributed by atoms with Crippen molar-refractivity contribution in [2.24, 2.45) is 5.92 Å². The average Bonchev–Trinajstić information content (AvgIpc) is 3.16. The first kappa shape index (κ1) is 24.6. The lowest BCUT2D eigenvalue weighted by molar-refractivity contribution is 0.111. The van der Waals surface area contributed by atoms with Gasteiger partial charge in [0.25, 0.3) is 8.32 Å². The van der Waals surface area contributed by atoms with E-state index in [2.05, 4.69) is 109 Å². The third-order valence-electron chi connectivity index (χ3n) is 6.34. The number of rotatable bonds is 8. The molecular formula is C28H31BrN2O2Si. The van der Waals surface area contributed by atoms with Gasteiger partial charge in [-0.2, -0.15) is 5.10 Å². The number of carbonyl (C=O) groups excluding carboxylic acids is 1. The topological polar surface area (TPSA) is 44.1 Å². The summed E-state index contributed by atoms with van der Waals surface area (Å²) in [5.74, 6) is 0.197. The van der Waals surface area contributed by atoms with Crippen LogP contribution in [0.3, 0.4) is 0 Å². The van der Waals surface area contributed by atoms with Gasteiger partial charge in [0.15, 0.2) is 6.29 Å². The van der Waals surface area contributed by atoms with E-state index in [-0.39, 0.29) is 11.0 Å². The van der Waals surface area contributed by atoms with Crippen LogP contribution >= 0.6 is 15.9 Å². The Kier molecular flexibility index (Phi) is 7.21. The fourth-order valence-corrected chi connectivity index (χ4v) is 9.81. The molecule has 34 heavy (non-hydrogen) atoms. The van der Waals surface area contributed by atoms with Crippen molar-refractivity contribution < 1.29 is 9.22 Å². The number of fused-ring (bicyclic) bond motifs is 1. The maximum absolute atomic E-state index is 11.6. The first-order valence-corrected chi connectivity index (χ1v) is 14.3. The Bertz CT molecular complexity index is 1230. The van der Waals surface area contributed by atoms with E-state index in [0.717, 1.165) is 21.7 Å². The van der Waals surface area contributed by atoms with Crippen molar-refractivity contribution in [2.75, 3.05) is 6.61 Å². The average molecular weight is 536 g/mol. The summed E-state index contributed by atoms with van der Waals surface area (Å²) in [6.07, 6.45) is 0.830. The van der Waals surface area contributed by atoms with Crippen LogP contribution in [0.1, 0.15) is 38.2 Å². The van der Waals surface area contributed by atoms with Gasteiger partial charge in [-0.3, -0.25) is 9.48 Å². The second kappa shape index (κ2) is 9.98. The van der Waals surface area contributed by atoms with Crippen molar-refractivity contribution in [3.63, 3.8) is 0 Å². The molecule has 0 aliphatic heterocycles. The number of hydrogen-bond acceptors (Lipinski definition) is 3. The summed E-state index contributed by atoms with van der Waals surface area (Å²) in [4.78, 5) is 11.6. The zero-order valence-corrected chi connectivity index (χ0v) is 22.7. The van der Waals surface area contributed by atoms with Gasteiger partial charge >= 0.3 is 0 Å². The van der Waals surface area contributed by atoms with Gasteiger partial charge in [0.05, 0.1) is 5.52 Å². The molecule has 176 valence electrons. The van der Waals surface area contributed by atoms with E-state index in [9.17, 15) is 4.79 Å². The lowest BCUT2D eigenvalue weighted by atomic mass is 10.2. The van der Waals surface area contributed by atoms with Gasteiger partial charge in [0.1, 0.15) is 5.69 Å². The normalized spacial score (nSPS) is 13.2. The molecule has 4 rings (SSSR count). The largest absolute Gasteiger partial charge is 0.407 e. The molecule has 0 amide bonds. The van der Waals surface area contributed by atoms with E-state index >= 15 is 0 Å². The van der Waals surface area contributed by atoms with E-state index < -0.39 is 8.32 Å². The Labute approximate surface area is 211 Å². The summed E-state index contributed by atoms with van der Waals surface area (Å²) in [7, 11) is -2.59.